The van der Waals surface area contributed by atoms with Crippen LogP contribution in [0.25, 0.3) is 0 Å². The highest BCUT2D eigenvalue weighted by Crippen LogP contribution is 2.25. The number of halogens is 4. The maximum atomic E-state index is 13.7. The van der Waals surface area contributed by atoms with Gasteiger partial charge in [-0.3, -0.25) is 13.9 Å². The van der Waals surface area contributed by atoms with Gasteiger partial charge in [0, 0.05) is 32.1 Å². The van der Waals surface area contributed by atoms with E-state index in [0.29, 0.717) is 22.2 Å². The lowest BCUT2D eigenvalue weighted by molar-refractivity contribution is -0.140. The van der Waals surface area contributed by atoms with Crippen LogP contribution in [-0.4, -0.2) is 50.5 Å². The minimum Gasteiger partial charge on any atom is -0.354 e. The van der Waals surface area contributed by atoms with Crippen molar-refractivity contribution >= 4 is 50.7 Å². The van der Waals surface area contributed by atoms with Crippen molar-refractivity contribution < 1.29 is 26.8 Å². The Kier molecular flexibility index (Phi) is 11.6. The number of sulfonamides is 1. The van der Waals surface area contributed by atoms with Crippen LogP contribution in [0, 0.1) is 11.6 Å². The zero-order valence-electron chi connectivity index (χ0n) is 20.9. The van der Waals surface area contributed by atoms with E-state index in [0.717, 1.165) is 41.6 Å². The molecule has 0 radical (unpaired) electrons. The lowest BCUT2D eigenvalue weighted by Crippen LogP contribution is -2.48. The van der Waals surface area contributed by atoms with Gasteiger partial charge in [-0.15, -0.1) is 0 Å². The Labute approximate surface area is 226 Å². The van der Waals surface area contributed by atoms with E-state index in [1.54, 1.807) is 25.1 Å². The van der Waals surface area contributed by atoms with E-state index in [2.05, 4.69) is 5.32 Å². The first-order chi connectivity index (χ1) is 17.3. The third kappa shape index (κ3) is 9.12. The predicted molar refractivity (Wildman–Crippen MR) is 142 cm³/mol. The molecule has 12 heteroatoms. The van der Waals surface area contributed by atoms with E-state index in [1.807, 2.05) is 6.92 Å². The van der Waals surface area contributed by atoms with Gasteiger partial charge in [-0.05, 0) is 49.6 Å². The van der Waals surface area contributed by atoms with Crippen LogP contribution in [0.4, 0.5) is 14.5 Å². The van der Waals surface area contributed by atoms with Gasteiger partial charge in [0.2, 0.25) is 21.8 Å². The molecule has 1 N–H and O–H groups in total. The lowest BCUT2D eigenvalue weighted by atomic mass is 10.1. The van der Waals surface area contributed by atoms with E-state index in [1.165, 1.54) is 4.90 Å². The highest BCUT2D eigenvalue weighted by molar-refractivity contribution is 7.92. The highest BCUT2D eigenvalue weighted by atomic mass is 35.5. The van der Waals surface area contributed by atoms with Gasteiger partial charge in [-0.1, -0.05) is 42.6 Å². The minimum absolute atomic E-state index is 0.0508. The molecule has 204 valence electrons. The Hall–Kier alpha value is -2.43. The smallest absolute Gasteiger partial charge is 0.242 e. The first-order valence-corrected chi connectivity index (χ1v) is 14.4. The van der Waals surface area contributed by atoms with Crippen molar-refractivity contribution in [1.29, 1.82) is 0 Å². The first kappa shape index (κ1) is 30.8. The molecule has 0 aromatic heterocycles. The summed E-state index contributed by atoms with van der Waals surface area (Å²) in [5.74, 6) is -2.99. The van der Waals surface area contributed by atoms with Crippen LogP contribution in [0.3, 0.4) is 0 Å². The molecule has 2 rings (SSSR count). The van der Waals surface area contributed by atoms with Crippen LogP contribution >= 0.6 is 23.2 Å². The van der Waals surface area contributed by atoms with Crippen molar-refractivity contribution in [2.75, 3.05) is 23.7 Å². The second kappa shape index (κ2) is 13.9. The monoisotopic (exact) mass is 577 g/mol. The number of nitrogens with zero attached hydrogens (tertiary/aromatic N) is 2. The highest BCUT2D eigenvalue weighted by Gasteiger charge is 2.27. The second-order valence-electron chi connectivity index (χ2n) is 8.63. The molecule has 0 bridgehead atoms. The van der Waals surface area contributed by atoms with Crippen LogP contribution in [0.2, 0.25) is 10.0 Å². The number of amides is 2. The van der Waals surface area contributed by atoms with E-state index >= 15 is 0 Å². The van der Waals surface area contributed by atoms with Crippen LogP contribution in [0.15, 0.2) is 36.4 Å². The van der Waals surface area contributed by atoms with Gasteiger partial charge in [-0.2, -0.15) is 0 Å². The molecule has 0 saturated heterocycles. The van der Waals surface area contributed by atoms with Crippen molar-refractivity contribution in [3.63, 3.8) is 0 Å². The number of hydrogen-bond donors (Lipinski definition) is 1. The molecule has 2 aromatic carbocycles. The van der Waals surface area contributed by atoms with Crippen molar-refractivity contribution in [2.24, 2.45) is 0 Å². The minimum atomic E-state index is -3.84. The molecule has 0 fully saturated rings. The summed E-state index contributed by atoms with van der Waals surface area (Å²) in [6, 6.07) is 6.88. The number of rotatable bonds is 13. The standard InChI is InChI=1S/C25H31Cl2F2N3O4S/c1-4-5-12-30-25(34)17(2)31(16-18-8-10-20(26)21(27)14-18)24(33)7-6-13-32(37(3,35)36)19-9-11-22(28)23(29)15-19/h8-11,14-15,17H,4-7,12-13,16H2,1-3H3,(H,30,34)/t17-/m0/s1. The molecule has 7 nitrogen and oxygen atoms in total. The average molecular weight is 579 g/mol. The Bertz CT molecular complexity index is 1210. The van der Waals surface area contributed by atoms with Crippen molar-refractivity contribution in [3.8, 4) is 0 Å². The van der Waals surface area contributed by atoms with Crippen molar-refractivity contribution in [3.05, 3.63) is 63.6 Å². The number of nitrogens with one attached hydrogen (secondary N) is 1. The van der Waals surface area contributed by atoms with Crippen LogP contribution < -0.4 is 9.62 Å². The fraction of sp³-hybridized carbons (Fsp3) is 0.440. The Morgan fingerprint density at radius 2 is 1.73 bits per heavy atom. The van der Waals surface area contributed by atoms with E-state index in [-0.39, 0.29) is 43.4 Å². The number of unbranched alkanes of at least 4 members (excludes halogenated alkanes) is 1. The molecule has 1 atom stereocenters. The normalized spacial score (nSPS) is 12.2. The molecule has 0 unspecified atom stereocenters. The Balaban J connectivity index is 2.19. The van der Waals surface area contributed by atoms with Gasteiger partial charge < -0.3 is 10.2 Å². The zero-order valence-corrected chi connectivity index (χ0v) is 23.3. The zero-order chi connectivity index (χ0) is 27.8. The molecule has 0 aliphatic carbocycles. The van der Waals surface area contributed by atoms with Gasteiger partial charge in [0.05, 0.1) is 22.0 Å². The van der Waals surface area contributed by atoms with Gasteiger partial charge in [0.25, 0.3) is 0 Å². The average Bonchev–Trinajstić information content (AvgIpc) is 2.83. The van der Waals surface area contributed by atoms with Gasteiger partial charge in [0.15, 0.2) is 11.6 Å². The molecule has 37 heavy (non-hydrogen) atoms. The molecule has 0 aliphatic rings. The summed E-state index contributed by atoms with van der Waals surface area (Å²) in [4.78, 5) is 27.4. The lowest BCUT2D eigenvalue weighted by Gasteiger charge is -2.29. The van der Waals surface area contributed by atoms with Gasteiger partial charge in [-0.25, -0.2) is 17.2 Å². The topological polar surface area (TPSA) is 86.8 Å². The maximum absolute atomic E-state index is 13.7. The third-order valence-electron chi connectivity index (χ3n) is 5.68. The summed E-state index contributed by atoms with van der Waals surface area (Å²) in [7, 11) is -3.84. The van der Waals surface area contributed by atoms with Gasteiger partial charge in [0.1, 0.15) is 6.04 Å². The fourth-order valence-corrected chi connectivity index (χ4v) is 4.88. The van der Waals surface area contributed by atoms with E-state index in [9.17, 15) is 26.8 Å². The number of carbonyl (C=O) groups excluding carboxylic acids is 2. The van der Waals surface area contributed by atoms with E-state index in [4.69, 9.17) is 23.2 Å². The predicted octanol–water partition coefficient (Wildman–Crippen LogP) is 5.15. The van der Waals surface area contributed by atoms with Crippen LogP contribution in [0.1, 0.15) is 45.1 Å². The third-order valence-corrected chi connectivity index (χ3v) is 7.61. The molecular weight excluding hydrogens is 547 g/mol. The number of hydrogen-bond acceptors (Lipinski definition) is 4. The molecule has 0 heterocycles. The fourth-order valence-electron chi connectivity index (χ4n) is 3.60. The van der Waals surface area contributed by atoms with Crippen LogP contribution in [0.5, 0.6) is 0 Å². The number of benzene rings is 2. The maximum Gasteiger partial charge on any atom is 0.242 e. The summed E-state index contributed by atoms with van der Waals surface area (Å²) in [6.07, 6.45) is 2.62. The second-order valence-corrected chi connectivity index (χ2v) is 11.3. The molecule has 0 spiro atoms. The summed E-state index contributed by atoms with van der Waals surface area (Å²) in [5, 5.41) is 3.48. The number of carbonyl (C=O) groups is 2. The molecule has 0 aliphatic heterocycles. The van der Waals surface area contributed by atoms with E-state index < -0.39 is 27.7 Å². The quantitative estimate of drug-likeness (QED) is 0.333. The Morgan fingerprint density at radius 1 is 1.03 bits per heavy atom. The SMILES string of the molecule is CCCCNC(=O)[C@H](C)N(Cc1ccc(Cl)c(Cl)c1)C(=O)CCCN(c1ccc(F)c(F)c1)S(C)(=O)=O. The largest absolute Gasteiger partial charge is 0.354 e. The first-order valence-electron chi connectivity index (χ1n) is 11.8. The molecule has 0 saturated carbocycles. The number of anilines is 1. The van der Waals surface area contributed by atoms with Crippen molar-refractivity contribution in [2.45, 2.75) is 52.1 Å². The summed E-state index contributed by atoms with van der Waals surface area (Å²) >= 11 is 12.1. The summed E-state index contributed by atoms with van der Waals surface area (Å²) in [6.45, 7) is 4.02. The van der Waals surface area contributed by atoms with Gasteiger partial charge >= 0.3 is 0 Å². The van der Waals surface area contributed by atoms with Crippen LogP contribution in [-0.2, 0) is 26.2 Å². The summed E-state index contributed by atoms with van der Waals surface area (Å²) < 4.78 is 52.5. The van der Waals surface area contributed by atoms with Crippen molar-refractivity contribution in [1.82, 2.24) is 10.2 Å². The molecule has 2 aromatic rings. The Morgan fingerprint density at radius 3 is 2.32 bits per heavy atom. The summed E-state index contributed by atoms with van der Waals surface area (Å²) in [5.41, 5.74) is 0.612. The molecule has 2 amide bonds. The molecular formula is C25H31Cl2F2N3O4S.